The van der Waals surface area contributed by atoms with Crippen molar-refractivity contribution in [1.82, 2.24) is 14.9 Å². The lowest BCUT2D eigenvalue weighted by atomic mass is 10.2. The molecule has 1 heterocycles. The fraction of sp³-hybridized carbons (Fsp3) is 0.615. The molecule has 0 aromatic carbocycles. The van der Waals surface area contributed by atoms with Crippen molar-refractivity contribution in [1.29, 1.82) is 0 Å². The van der Waals surface area contributed by atoms with Crippen molar-refractivity contribution in [3.8, 4) is 0 Å². The van der Waals surface area contributed by atoms with Gasteiger partial charge in [0.15, 0.2) is 6.29 Å². The number of aldehydes is 1. The summed E-state index contributed by atoms with van der Waals surface area (Å²) in [7, 11) is 0. The number of nitrogens with one attached hydrogen (secondary N) is 1. The van der Waals surface area contributed by atoms with Gasteiger partial charge in [-0.3, -0.25) is 4.79 Å². The molecule has 5 nitrogen and oxygen atoms in total. The molecule has 1 N–H and O–H groups in total. The number of nitrogens with zero attached hydrogens (tertiary/aromatic N) is 3. The van der Waals surface area contributed by atoms with E-state index in [0.29, 0.717) is 23.5 Å². The summed E-state index contributed by atoms with van der Waals surface area (Å²) in [6, 6.07) is 0.170. The molecule has 6 heteroatoms. The number of rotatable bonds is 7. The van der Waals surface area contributed by atoms with E-state index in [2.05, 4.69) is 41.0 Å². The molecular formula is C13H21ClN4O. The Bertz CT molecular complexity index is 435. The topological polar surface area (TPSA) is 58.1 Å². The number of hydrogen-bond acceptors (Lipinski definition) is 5. The molecule has 0 aliphatic rings. The highest BCUT2D eigenvalue weighted by molar-refractivity contribution is 6.32. The maximum atomic E-state index is 11.1. The first kappa shape index (κ1) is 15.9. The van der Waals surface area contributed by atoms with Gasteiger partial charge in [0, 0.05) is 12.6 Å². The number of carbonyl (C=O) groups is 1. The highest BCUT2D eigenvalue weighted by Gasteiger charge is 2.14. The average Bonchev–Trinajstić information content (AvgIpc) is 2.35. The van der Waals surface area contributed by atoms with Crippen molar-refractivity contribution in [3.05, 3.63) is 16.5 Å². The van der Waals surface area contributed by atoms with E-state index in [1.165, 1.54) is 0 Å². The molecule has 1 aromatic heterocycles. The lowest BCUT2D eigenvalue weighted by Gasteiger charge is -2.24. The number of anilines is 1. The number of halogens is 1. The Morgan fingerprint density at radius 2 is 2.00 bits per heavy atom. The third-order valence-electron chi connectivity index (χ3n) is 2.94. The summed E-state index contributed by atoms with van der Waals surface area (Å²) in [5, 5.41) is 3.43. The van der Waals surface area contributed by atoms with Crippen molar-refractivity contribution in [2.45, 2.75) is 33.7 Å². The van der Waals surface area contributed by atoms with E-state index >= 15 is 0 Å². The van der Waals surface area contributed by atoms with Crippen LogP contribution in [0.2, 0.25) is 5.15 Å². The Kier molecular flexibility index (Phi) is 6.18. The van der Waals surface area contributed by atoms with E-state index in [1.807, 2.05) is 0 Å². The monoisotopic (exact) mass is 284 g/mol. The van der Waals surface area contributed by atoms with Gasteiger partial charge in [0.25, 0.3) is 0 Å². The number of hydrogen-bond donors (Lipinski definition) is 1. The summed E-state index contributed by atoms with van der Waals surface area (Å²) in [4.78, 5) is 21.6. The van der Waals surface area contributed by atoms with E-state index in [9.17, 15) is 4.79 Å². The first-order chi connectivity index (χ1) is 9.01. The Morgan fingerprint density at radius 3 is 2.53 bits per heavy atom. The molecule has 0 amide bonds. The molecule has 106 valence electrons. The Morgan fingerprint density at radius 1 is 1.37 bits per heavy atom. The van der Waals surface area contributed by atoms with Crippen molar-refractivity contribution in [3.63, 3.8) is 0 Å². The Hall–Kier alpha value is -1.20. The Labute approximate surface area is 119 Å². The third kappa shape index (κ3) is 4.44. The maximum Gasteiger partial charge on any atom is 0.156 e. The molecule has 1 aromatic rings. The fourth-order valence-corrected chi connectivity index (χ4v) is 2.17. The minimum absolute atomic E-state index is 0.170. The van der Waals surface area contributed by atoms with Gasteiger partial charge in [0.1, 0.15) is 16.8 Å². The van der Waals surface area contributed by atoms with Crippen LogP contribution in [0.3, 0.4) is 0 Å². The molecule has 0 spiro atoms. The lowest BCUT2D eigenvalue weighted by Crippen LogP contribution is -2.35. The second kappa shape index (κ2) is 7.40. The van der Waals surface area contributed by atoms with E-state index in [-0.39, 0.29) is 11.2 Å². The van der Waals surface area contributed by atoms with Crippen LogP contribution in [-0.4, -0.2) is 46.8 Å². The summed E-state index contributed by atoms with van der Waals surface area (Å²) in [5.74, 6) is 1.06. The molecule has 0 aliphatic carbocycles. The first-order valence-electron chi connectivity index (χ1n) is 6.49. The van der Waals surface area contributed by atoms with Gasteiger partial charge in [-0.15, -0.1) is 0 Å². The highest BCUT2D eigenvalue weighted by atomic mass is 35.5. The van der Waals surface area contributed by atoms with Gasteiger partial charge >= 0.3 is 0 Å². The zero-order valence-corrected chi connectivity index (χ0v) is 12.7. The SMILES string of the molecule is CCN(CC)CC(C)Nc1nc(C)nc(Cl)c1C=O. The second-order valence-electron chi connectivity index (χ2n) is 4.47. The summed E-state index contributed by atoms with van der Waals surface area (Å²) in [5.41, 5.74) is 0.318. The van der Waals surface area contributed by atoms with E-state index in [1.54, 1.807) is 6.92 Å². The largest absolute Gasteiger partial charge is 0.366 e. The maximum absolute atomic E-state index is 11.1. The van der Waals surface area contributed by atoms with Crippen LogP contribution in [0, 0.1) is 6.92 Å². The van der Waals surface area contributed by atoms with Crippen LogP contribution >= 0.6 is 11.6 Å². The van der Waals surface area contributed by atoms with Crippen LogP contribution in [0.15, 0.2) is 0 Å². The number of likely N-dealkylation sites (N-methyl/N-ethyl adjacent to an activating group) is 1. The summed E-state index contributed by atoms with van der Waals surface area (Å²) >= 11 is 5.95. The summed E-state index contributed by atoms with van der Waals surface area (Å²) < 4.78 is 0. The quantitative estimate of drug-likeness (QED) is 0.615. The van der Waals surface area contributed by atoms with Crippen LogP contribution in [0.4, 0.5) is 5.82 Å². The summed E-state index contributed by atoms with van der Waals surface area (Å²) in [6.07, 6.45) is 0.689. The van der Waals surface area contributed by atoms with Gasteiger partial charge in [0.2, 0.25) is 0 Å². The van der Waals surface area contributed by atoms with Gasteiger partial charge in [-0.2, -0.15) is 0 Å². The fourth-order valence-electron chi connectivity index (χ4n) is 1.91. The average molecular weight is 285 g/mol. The van der Waals surface area contributed by atoms with Gasteiger partial charge in [-0.25, -0.2) is 9.97 Å². The lowest BCUT2D eigenvalue weighted by molar-refractivity contribution is 0.112. The minimum atomic E-state index is 0.170. The van der Waals surface area contributed by atoms with E-state index < -0.39 is 0 Å². The number of aromatic nitrogens is 2. The van der Waals surface area contributed by atoms with Gasteiger partial charge in [-0.05, 0) is 26.9 Å². The van der Waals surface area contributed by atoms with E-state index in [0.717, 1.165) is 19.6 Å². The van der Waals surface area contributed by atoms with Crippen molar-refractivity contribution >= 4 is 23.7 Å². The van der Waals surface area contributed by atoms with E-state index in [4.69, 9.17) is 11.6 Å². The van der Waals surface area contributed by atoms with Crippen molar-refractivity contribution in [2.24, 2.45) is 0 Å². The third-order valence-corrected chi connectivity index (χ3v) is 3.23. The normalized spacial score (nSPS) is 12.5. The number of aryl methyl sites for hydroxylation is 1. The molecule has 0 saturated heterocycles. The van der Waals surface area contributed by atoms with Crippen LogP contribution in [0.5, 0.6) is 0 Å². The molecule has 1 unspecified atom stereocenters. The van der Waals surface area contributed by atoms with Crippen LogP contribution in [-0.2, 0) is 0 Å². The zero-order valence-electron chi connectivity index (χ0n) is 11.9. The number of carbonyl (C=O) groups excluding carboxylic acids is 1. The van der Waals surface area contributed by atoms with Crippen LogP contribution in [0.25, 0.3) is 0 Å². The molecule has 0 fully saturated rings. The molecule has 19 heavy (non-hydrogen) atoms. The summed E-state index contributed by atoms with van der Waals surface area (Å²) in [6.45, 7) is 10.9. The Balaban J connectivity index is 2.84. The van der Waals surface area contributed by atoms with Crippen LogP contribution in [0.1, 0.15) is 37.0 Å². The van der Waals surface area contributed by atoms with Crippen molar-refractivity contribution < 1.29 is 4.79 Å². The van der Waals surface area contributed by atoms with Gasteiger partial charge in [-0.1, -0.05) is 25.4 Å². The molecular weight excluding hydrogens is 264 g/mol. The predicted molar refractivity (Wildman–Crippen MR) is 78.0 cm³/mol. The molecule has 0 aliphatic heterocycles. The standard InChI is InChI=1S/C13H21ClN4O/c1-5-18(6-2)7-9(3)15-13-11(8-19)12(14)16-10(4)17-13/h8-9H,5-7H2,1-4H3,(H,15,16,17). The minimum Gasteiger partial charge on any atom is -0.366 e. The highest BCUT2D eigenvalue weighted by Crippen LogP contribution is 2.19. The van der Waals surface area contributed by atoms with Crippen molar-refractivity contribution in [2.75, 3.05) is 25.0 Å². The second-order valence-corrected chi connectivity index (χ2v) is 4.83. The molecule has 0 saturated carbocycles. The molecule has 0 bridgehead atoms. The van der Waals surface area contributed by atoms with Gasteiger partial charge in [0.05, 0.1) is 5.56 Å². The molecule has 1 rings (SSSR count). The molecule has 0 radical (unpaired) electrons. The van der Waals surface area contributed by atoms with Gasteiger partial charge < -0.3 is 10.2 Å². The van der Waals surface area contributed by atoms with Crippen LogP contribution < -0.4 is 5.32 Å². The zero-order chi connectivity index (χ0) is 14.4. The molecule has 1 atom stereocenters. The smallest absolute Gasteiger partial charge is 0.156 e. The first-order valence-corrected chi connectivity index (χ1v) is 6.87. The predicted octanol–water partition coefficient (Wildman–Crippen LogP) is 2.39.